The molecular formula is C36H42F2O6S. The summed E-state index contributed by atoms with van der Waals surface area (Å²) < 4.78 is 38.9. The summed E-state index contributed by atoms with van der Waals surface area (Å²) in [4.78, 5) is 54.3. The van der Waals surface area contributed by atoms with Crippen molar-refractivity contribution in [1.82, 2.24) is 0 Å². The van der Waals surface area contributed by atoms with Gasteiger partial charge in [0.05, 0.1) is 16.8 Å². The van der Waals surface area contributed by atoms with Crippen molar-refractivity contribution in [2.75, 3.05) is 0 Å². The molecule has 1 aromatic rings. The van der Waals surface area contributed by atoms with Gasteiger partial charge in [-0.05, 0) is 76.5 Å². The van der Waals surface area contributed by atoms with Gasteiger partial charge < -0.3 is 9.84 Å². The Balaban J connectivity index is 1.43. The normalized spacial score (nSPS) is 40.8. The van der Waals surface area contributed by atoms with Crippen LogP contribution in [-0.4, -0.2) is 56.1 Å². The number of benzene rings is 1. The highest BCUT2D eigenvalue weighted by Gasteiger charge is 2.78. The zero-order valence-electron chi connectivity index (χ0n) is 26.5. The number of carbonyl (C=O) groups is 4. The van der Waals surface area contributed by atoms with Crippen LogP contribution in [0.15, 0.2) is 54.1 Å². The number of hydrogen-bond acceptors (Lipinski definition) is 7. The first-order valence-corrected chi connectivity index (χ1v) is 16.9. The van der Waals surface area contributed by atoms with Crippen LogP contribution in [0.2, 0.25) is 0 Å². The van der Waals surface area contributed by atoms with Gasteiger partial charge in [0.15, 0.2) is 22.8 Å². The number of carbonyl (C=O) groups excluding carboxylic acids is 4. The Morgan fingerprint density at radius 2 is 1.73 bits per heavy atom. The topological polar surface area (TPSA) is 97.7 Å². The number of fused-ring (bicyclic) bond motifs is 5. The number of hydrogen-bond donors (Lipinski definition) is 1. The third-order valence-corrected chi connectivity index (χ3v) is 13.3. The molecule has 1 N–H and O–H groups in total. The number of aliphatic hydroxyl groups excluding tert-OH is 1. The van der Waals surface area contributed by atoms with Crippen molar-refractivity contribution in [2.24, 2.45) is 34.5 Å². The Morgan fingerprint density at radius 3 is 2.36 bits per heavy atom. The molecule has 0 aliphatic heterocycles. The second-order valence-corrected chi connectivity index (χ2v) is 16.5. The van der Waals surface area contributed by atoms with Crippen molar-refractivity contribution in [3.63, 3.8) is 0 Å². The van der Waals surface area contributed by atoms with E-state index in [0.29, 0.717) is 18.4 Å². The van der Waals surface area contributed by atoms with Gasteiger partial charge in [-0.3, -0.25) is 19.2 Å². The molecule has 4 fully saturated rings. The third kappa shape index (κ3) is 4.42. The lowest BCUT2D eigenvalue weighted by molar-refractivity contribution is -0.230. The average Bonchev–Trinajstić information content (AvgIpc) is 3.16. The second kappa shape index (κ2) is 10.7. The Hall–Kier alpha value is -2.65. The van der Waals surface area contributed by atoms with Crippen LogP contribution in [0.1, 0.15) is 83.5 Å². The molecule has 9 atom stereocenters. The molecule has 0 spiro atoms. The summed E-state index contributed by atoms with van der Waals surface area (Å²) in [6.07, 6.45) is 2.43. The molecule has 0 bridgehead atoms. The zero-order chi connectivity index (χ0) is 32.7. The Bertz CT molecular complexity index is 1500. The minimum atomic E-state index is -2.32. The van der Waals surface area contributed by atoms with Crippen molar-refractivity contribution in [3.05, 3.63) is 59.7 Å². The molecule has 45 heavy (non-hydrogen) atoms. The van der Waals surface area contributed by atoms with E-state index in [0.717, 1.165) is 24.3 Å². The summed E-state index contributed by atoms with van der Waals surface area (Å²) in [5, 5.41) is 11.3. The van der Waals surface area contributed by atoms with Crippen LogP contribution in [0.5, 0.6) is 0 Å². The Labute approximate surface area is 267 Å². The molecular weight excluding hydrogens is 598 g/mol. The molecule has 242 valence electrons. The first-order chi connectivity index (χ1) is 21.0. The number of esters is 1. The second-order valence-electron chi connectivity index (χ2n) is 14.9. The SMILES string of the molecule is C[C@@H]1C[C@H]2[C@@H]3C[C@H](F)C4=CC(=O)C=C[C@]4(C)[C@@]3(F)[C@@H](O)C[C@]2(C)[C@@]1(OC(=O)C1CCC1)C(=O)SC(C)(C)C(=O)c1ccccc1. The Morgan fingerprint density at radius 1 is 1.07 bits per heavy atom. The van der Waals surface area contributed by atoms with Crippen LogP contribution in [0.3, 0.4) is 0 Å². The van der Waals surface area contributed by atoms with Gasteiger partial charge in [-0.1, -0.05) is 68.4 Å². The van der Waals surface area contributed by atoms with Crippen LogP contribution < -0.4 is 0 Å². The van der Waals surface area contributed by atoms with Crippen LogP contribution in [-0.2, 0) is 19.1 Å². The van der Waals surface area contributed by atoms with Crippen molar-refractivity contribution < 1.29 is 37.8 Å². The summed E-state index contributed by atoms with van der Waals surface area (Å²) in [6.45, 7) is 8.43. The number of ketones is 2. The summed E-state index contributed by atoms with van der Waals surface area (Å²) in [6, 6.07) is 8.65. The van der Waals surface area contributed by atoms with Gasteiger partial charge in [0, 0.05) is 28.2 Å². The molecule has 0 heterocycles. The first kappa shape index (κ1) is 32.3. The molecule has 1 aromatic carbocycles. The van der Waals surface area contributed by atoms with Crippen LogP contribution in [0, 0.1) is 34.5 Å². The number of alkyl halides is 2. The fraction of sp³-hybridized carbons (Fsp3) is 0.611. The number of thioether (sulfide) groups is 1. The van der Waals surface area contributed by atoms with Crippen molar-refractivity contribution in [1.29, 1.82) is 0 Å². The maximum atomic E-state index is 17.8. The molecule has 4 saturated carbocycles. The molecule has 6 rings (SSSR count). The van der Waals surface area contributed by atoms with Gasteiger partial charge in [0.1, 0.15) is 6.17 Å². The standard InChI is InChI=1S/C36H42F2O6S/c1-20-16-24-25-18-27(37)26-17-23(39)14-15-33(26,4)35(25,38)28(40)19-34(24,5)36(20,44-30(42)22-12-9-13-22)31(43)45-32(2,3)29(41)21-10-7-6-8-11-21/h6-8,10-11,14-15,17,20,22,24-25,27-28,40H,9,12-13,16,18-19H2,1-5H3/t20-,24+,25+,27+,28+,33+,34+,35+,36+/m1/s1. The highest BCUT2D eigenvalue weighted by Crippen LogP contribution is 2.72. The smallest absolute Gasteiger partial charge is 0.309 e. The van der Waals surface area contributed by atoms with E-state index in [2.05, 4.69) is 0 Å². The quantitative estimate of drug-likeness (QED) is 0.278. The first-order valence-electron chi connectivity index (χ1n) is 16.1. The number of aliphatic hydroxyl groups is 1. The lowest BCUT2D eigenvalue weighted by Gasteiger charge is -2.63. The number of Topliss-reactive ketones (excluding diaryl/α,β-unsaturated/α-hetero) is 1. The van der Waals surface area contributed by atoms with E-state index in [-0.39, 0.29) is 36.5 Å². The van der Waals surface area contributed by atoms with E-state index < -0.39 is 73.7 Å². The van der Waals surface area contributed by atoms with Crippen LogP contribution in [0.25, 0.3) is 0 Å². The lowest BCUT2D eigenvalue weighted by Crippen LogP contribution is -2.71. The number of rotatable bonds is 6. The monoisotopic (exact) mass is 640 g/mol. The zero-order valence-corrected chi connectivity index (χ0v) is 27.3. The Kier molecular flexibility index (Phi) is 7.67. The minimum Gasteiger partial charge on any atom is -0.449 e. The van der Waals surface area contributed by atoms with E-state index >= 15 is 8.78 Å². The van der Waals surface area contributed by atoms with Crippen molar-refractivity contribution >= 4 is 34.4 Å². The number of halogens is 2. The predicted molar refractivity (Wildman–Crippen MR) is 167 cm³/mol. The maximum Gasteiger partial charge on any atom is 0.309 e. The minimum absolute atomic E-state index is 0.0259. The fourth-order valence-electron chi connectivity index (χ4n) is 9.39. The molecule has 0 amide bonds. The van der Waals surface area contributed by atoms with E-state index in [4.69, 9.17) is 4.74 Å². The molecule has 0 aromatic heterocycles. The molecule has 5 aliphatic rings. The molecule has 5 aliphatic carbocycles. The number of allylic oxidation sites excluding steroid dienone is 4. The highest BCUT2D eigenvalue weighted by atomic mass is 32.2. The van der Waals surface area contributed by atoms with E-state index in [1.807, 2.05) is 0 Å². The molecule has 0 unspecified atom stereocenters. The highest BCUT2D eigenvalue weighted by molar-refractivity contribution is 8.15. The fourth-order valence-corrected chi connectivity index (χ4v) is 10.7. The summed E-state index contributed by atoms with van der Waals surface area (Å²) in [5.41, 5.74) is -6.47. The summed E-state index contributed by atoms with van der Waals surface area (Å²) in [7, 11) is 0. The van der Waals surface area contributed by atoms with Crippen LogP contribution in [0.4, 0.5) is 8.78 Å². The summed E-state index contributed by atoms with van der Waals surface area (Å²) in [5.74, 6) is -3.79. The van der Waals surface area contributed by atoms with Gasteiger partial charge in [-0.2, -0.15) is 0 Å². The van der Waals surface area contributed by atoms with Crippen molar-refractivity contribution in [3.8, 4) is 0 Å². The van der Waals surface area contributed by atoms with Gasteiger partial charge in [-0.25, -0.2) is 8.78 Å². The third-order valence-electron chi connectivity index (χ3n) is 12.1. The molecule has 6 nitrogen and oxygen atoms in total. The summed E-state index contributed by atoms with van der Waals surface area (Å²) >= 11 is 0.813. The van der Waals surface area contributed by atoms with E-state index in [9.17, 15) is 24.3 Å². The number of ether oxygens (including phenoxy) is 1. The average molecular weight is 641 g/mol. The molecule has 0 radical (unpaired) electrons. The molecule has 9 heteroatoms. The van der Waals surface area contributed by atoms with Gasteiger partial charge in [0.25, 0.3) is 0 Å². The van der Waals surface area contributed by atoms with E-state index in [1.165, 1.54) is 19.1 Å². The van der Waals surface area contributed by atoms with E-state index in [1.54, 1.807) is 58.0 Å². The van der Waals surface area contributed by atoms with Gasteiger partial charge >= 0.3 is 5.97 Å². The molecule has 0 saturated heterocycles. The largest absolute Gasteiger partial charge is 0.449 e. The van der Waals surface area contributed by atoms with Gasteiger partial charge in [0.2, 0.25) is 5.12 Å². The van der Waals surface area contributed by atoms with Crippen LogP contribution >= 0.6 is 11.8 Å². The maximum absolute atomic E-state index is 17.8. The predicted octanol–water partition coefficient (Wildman–Crippen LogP) is 6.55. The van der Waals surface area contributed by atoms with Gasteiger partial charge in [-0.15, -0.1) is 0 Å². The van der Waals surface area contributed by atoms with Crippen molar-refractivity contribution in [2.45, 2.75) is 101 Å². The lowest BCUT2D eigenvalue weighted by atomic mass is 9.44.